The van der Waals surface area contributed by atoms with Gasteiger partial charge in [0.15, 0.2) is 5.84 Å². The van der Waals surface area contributed by atoms with Crippen LogP contribution in [0.3, 0.4) is 0 Å². The number of carbonyl (C=O) groups is 1. The number of nitrogens with one attached hydrogen (secondary N) is 1. The summed E-state index contributed by atoms with van der Waals surface area (Å²) in [6.07, 6.45) is 3.56. The van der Waals surface area contributed by atoms with Gasteiger partial charge in [0.25, 0.3) is 0 Å². The fourth-order valence-electron chi connectivity index (χ4n) is 3.71. The molecule has 8 heteroatoms. The van der Waals surface area contributed by atoms with Gasteiger partial charge in [0.1, 0.15) is 5.82 Å². The number of carbonyl (C=O) groups excluding carboxylic acids is 1. The first-order valence-corrected chi connectivity index (χ1v) is 9.35. The lowest BCUT2D eigenvalue weighted by molar-refractivity contribution is -0.140. The standard InChI is InChI=1S/C18H33FN6O/c1-18(2,3)23-13-8-6-10-25(17(13)26)12-7-5-9-24(11-12)16(21)14(19)15(20)22-4/h12-13,23H,5-11,21H2,1-4H3,(H2,20,22)/t12-,13?/m1/s1. The Balaban J connectivity index is 2.10. The zero-order chi connectivity index (χ0) is 19.5. The normalized spacial score (nSPS) is 26.8. The maximum Gasteiger partial charge on any atom is 0.240 e. The molecule has 0 radical (unpaired) electrons. The summed E-state index contributed by atoms with van der Waals surface area (Å²) in [6.45, 7) is 8.10. The van der Waals surface area contributed by atoms with Crippen molar-refractivity contribution in [1.82, 2.24) is 15.1 Å². The molecule has 26 heavy (non-hydrogen) atoms. The maximum atomic E-state index is 14.2. The second-order valence-corrected chi connectivity index (χ2v) is 8.17. The zero-order valence-corrected chi connectivity index (χ0v) is 16.4. The molecule has 2 aliphatic heterocycles. The van der Waals surface area contributed by atoms with E-state index in [-0.39, 0.29) is 35.2 Å². The number of amidine groups is 1. The first kappa shape index (κ1) is 20.5. The third kappa shape index (κ3) is 4.87. The number of nitrogens with zero attached hydrogens (tertiary/aromatic N) is 3. The molecule has 2 rings (SSSR count). The molecular weight excluding hydrogens is 335 g/mol. The minimum atomic E-state index is -0.689. The number of rotatable bonds is 4. The van der Waals surface area contributed by atoms with E-state index in [1.807, 2.05) is 4.90 Å². The monoisotopic (exact) mass is 368 g/mol. The molecule has 0 aromatic carbocycles. The number of amides is 1. The van der Waals surface area contributed by atoms with E-state index < -0.39 is 5.83 Å². The molecule has 2 heterocycles. The third-order valence-corrected chi connectivity index (χ3v) is 4.95. The Hall–Kier alpha value is -1.83. The van der Waals surface area contributed by atoms with Crippen LogP contribution in [0.4, 0.5) is 4.39 Å². The number of nitrogens with two attached hydrogens (primary N) is 2. The van der Waals surface area contributed by atoms with E-state index in [2.05, 4.69) is 31.1 Å². The van der Waals surface area contributed by atoms with Crippen LogP contribution in [0.25, 0.3) is 0 Å². The third-order valence-electron chi connectivity index (χ3n) is 4.95. The van der Waals surface area contributed by atoms with Gasteiger partial charge in [0.05, 0.1) is 6.04 Å². The van der Waals surface area contributed by atoms with Crippen LogP contribution in [0, 0.1) is 0 Å². The van der Waals surface area contributed by atoms with Gasteiger partial charge in [-0.15, -0.1) is 0 Å². The molecule has 2 atom stereocenters. The van der Waals surface area contributed by atoms with Gasteiger partial charge in [0, 0.05) is 38.3 Å². The fraction of sp³-hybridized carbons (Fsp3) is 0.778. The summed E-state index contributed by atoms with van der Waals surface area (Å²) < 4.78 is 14.2. The molecule has 2 fully saturated rings. The van der Waals surface area contributed by atoms with Crippen LogP contribution in [0.5, 0.6) is 0 Å². The lowest BCUT2D eigenvalue weighted by Crippen LogP contribution is -2.60. The minimum absolute atomic E-state index is 0.00613. The molecule has 0 spiro atoms. The lowest BCUT2D eigenvalue weighted by Gasteiger charge is -2.44. The first-order valence-electron chi connectivity index (χ1n) is 9.35. The molecule has 7 nitrogen and oxygen atoms in total. The predicted octanol–water partition coefficient (Wildman–Crippen LogP) is 0.914. The summed E-state index contributed by atoms with van der Waals surface area (Å²) >= 11 is 0. The Morgan fingerprint density at radius 3 is 2.50 bits per heavy atom. The van der Waals surface area contributed by atoms with Crippen molar-refractivity contribution in [3.8, 4) is 0 Å². The van der Waals surface area contributed by atoms with Crippen molar-refractivity contribution in [3.05, 3.63) is 11.6 Å². The van der Waals surface area contributed by atoms with Crippen LogP contribution in [-0.2, 0) is 4.79 Å². The number of hydrogen-bond donors (Lipinski definition) is 3. The van der Waals surface area contributed by atoms with Crippen LogP contribution in [0.2, 0.25) is 0 Å². The molecule has 0 aromatic rings. The van der Waals surface area contributed by atoms with E-state index in [0.29, 0.717) is 13.1 Å². The molecule has 5 N–H and O–H groups in total. The highest BCUT2D eigenvalue weighted by Gasteiger charge is 2.36. The van der Waals surface area contributed by atoms with E-state index in [0.717, 1.165) is 32.2 Å². The van der Waals surface area contributed by atoms with Crippen molar-refractivity contribution in [2.75, 3.05) is 26.7 Å². The summed E-state index contributed by atoms with van der Waals surface area (Å²) in [5, 5.41) is 3.42. The summed E-state index contributed by atoms with van der Waals surface area (Å²) in [4.78, 5) is 20.3. The van der Waals surface area contributed by atoms with Crippen LogP contribution in [0.15, 0.2) is 16.6 Å². The van der Waals surface area contributed by atoms with Crippen molar-refractivity contribution in [2.24, 2.45) is 16.5 Å². The van der Waals surface area contributed by atoms with Crippen molar-refractivity contribution in [1.29, 1.82) is 0 Å². The SMILES string of the molecule is CN=C(N)C(F)=C(N)N1CCC[C@@H](N2CCCC(NC(C)(C)C)C2=O)C1. The van der Waals surface area contributed by atoms with Crippen molar-refractivity contribution >= 4 is 11.7 Å². The number of likely N-dealkylation sites (tertiary alicyclic amines) is 2. The Bertz CT molecular complexity index is 583. The Morgan fingerprint density at radius 2 is 1.88 bits per heavy atom. The summed E-state index contributed by atoms with van der Waals surface area (Å²) in [7, 11) is 1.43. The molecule has 1 unspecified atom stereocenters. The largest absolute Gasteiger partial charge is 0.383 e. The quantitative estimate of drug-likeness (QED) is 0.506. The molecular formula is C18H33FN6O. The lowest BCUT2D eigenvalue weighted by atomic mass is 9.96. The molecule has 0 aliphatic carbocycles. The van der Waals surface area contributed by atoms with Gasteiger partial charge in [0.2, 0.25) is 11.7 Å². The van der Waals surface area contributed by atoms with Crippen molar-refractivity contribution in [3.63, 3.8) is 0 Å². The molecule has 0 aromatic heterocycles. The molecule has 2 saturated heterocycles. The summed E-state index contributed by atoms with van der Waals surface area (Å²) in [6, 6.07) is -0.126. The topological polar surface area (TPSA) is 100.0 Å². The zero-order valence-electron chi connectivity index (χ0n) is 16.4. The highest BCUT2D eigenvalue weighted by Crippen LogP contribution is 2.24. The van der Waals surface area contributed by atoms with Gasteiger partial charge in [-0.3, -0.25) is 9.79 Å². The van der Waals surface area contributed by atoms with Crippen LogP contribution < -0.4 is 16.8 Å². The Morgan fingerprint density at radius 1 is 1.23 bits per heavy atom. The van der Waals surface area contributed by atoms with E-state index >= 15 is 0 Å². The van der Waals surface area contributed by atoms with E-state index in [1.54, 1.807) is 4.90 Å². The van der Waals surface area contributed by atoms with Gasteiger partial charge in [-0.25, -0.2) is 0 Å². The molecule has 148 valence electrons. The van der Waals surface area contributed by atoms with Crippen molar-refractivity contribution in [2.45, 2.75) is 64.1 Å². The maximum absolute atomic E-state index is 14.2. The molecule has 0 saturated carbocycles. The van der Waals surface area contributed by atoms with Gasteiger partial charge >= 0.3 is 0 Å². The summed E-state index contributed by atoms with van der Waals surface area (Å²) in [5.41, 5.74) is 11.4. The van der Waals surface area contributed by atoms with Crippen molar-refractivity contribution < 1.29 is 9.18 Å². The van der Waals surface area contributed by atoms with Crippen LogP contribution >= 0.6 is 0 Å². The number of aliphatic imine (C=N–C) groups is 1. The second-order valence-electron chi connectivity index (χ2n) is 8.17. The fourth-order valence-corrected chi connectivity index (χ4v) is 3.71. The highest BCUT2D eigenvalue weighted by atomic mass is 19.1. The Kier molecular flexibility index (Phi) is 6.49. The van der Waals surface area contributed by atoms with Crippen LogP contribution in [0.1, 0.15) is 46.5 Å². The molecule has 2 aliphatic rings. The predicted molar refractivity (Wildman–Crippen MR) is 102 cm³/mol. The van der Waals surface area contributed by atoms with E-state index in [4.69, 9.17) is 11.5 Å². The average Bonchev–Trinajstić information content (AvgIpc) is 2.60. The van der Waals surface area contributed by atoms with Gasteiger partial charge in [-0.05, 0) is 46.5 Å². The van der Waals surface area contributed by atoms with Gasteiger partial charge < -0.3 is 26.6 Å². The summed E-state index contributed by atoms with van der Waals surface area (Å²) in [5.74, 6) is -0.749. The number of hydrogen-bond acceptors (Lipinski definition) is 5. The van der Waals surface area contributed by atoms with Crippen LogP contribution in [-0.4, -0.2) is 65.8 Å². The van der Waals surface area contributed by atoms with Gasteiger partial charge in [-0.1, -0.05) is 0 Å². The number of piperidine rings is 2. The first-order chi connectivity index (χ1) is 12.1. The molecule has 1 amide bonds. The number of halogens is 1. The van der Waals surface area contributed by atoms with E-state index in [9.17, 15) is 9.18 Å². The average molecular weight is 369 g/mol. The minimum Gasteiger partial charge on any atom is -0.383 e. The highest BCUT2D eigenvalue weighted by molar-refractivity contribution is 5.95. The Labute approximate surface area is 155 Å². The van der Waals surface area contributed by atoms with Gasteiger partial charge in [-0.2, -0.15) is 4.39 Å². The smallest absolute Gasteiger partial charge is 0.240 e. The van der Waals surface area contributed by atoms with E-state index in [1.165, 1.54) is 7.05 Å². The molecule has 0 bridgehead atoms. The second kappa shape index (κ2) is 8.24.